The van der Waals surface area contributed by atoms with Crippen LogP contribution >= 0.6 is 8.53 Å². The SMILES string of the molecule is OCCCOCC(COCCCO)(COCCCO)COCOCc1ccccc1.[2H]CCCOCC(COCCC[2H])(COCCC[2H])COCCCOP(OCCC#N)N(C(C)C)C(C)C.[3H]OC.[3H]OC.[3H]OC. The van der Waals surface area contributed by atoms with Crippen LogP contribution < -0.4 is 0 Å². The Morgan fingerprint density at radius 2 is 0.930 bits per heavy atom. The molecule has 0 saturated carbocycles. The average molecular weight is 1060 g/mol. The van der Waals surface area contributed by atoms with E-state index in [-0.39, 0.29) is 38.7 Å². The summed E-state index contributed by atoms with van der Waals surface area (Å²) >= 11 is 0. The molecule has 0 aliphatic heterocycles. The van der Waals surface area contributed by atoms with Crippen molar-refractivity contribution in [3.63, 3.8) is 0 Å². The molecule has 1 unspecified atom stereocenters. The Balaban J connectivity index is -0.000000609. The molecule has 0 aromatic heterocycles. The molecule has 1 aromatic carbocycles. The molecule has 1 aromatic rings. The van der Waals surface area contributed by atoms with Crippen molar-refractivity contribution in [2.75, 3.05) is 160 Å². The minimum Gasteiger partial charge on any atom is -0.400 e. The molecular formula is C51H103N2O17P. The second kappa shape index (κ2) is 59.3. The fraction of sp³-hybridized carbons (Fsp3) is 0.863. The van der Waals surface area contributed by atoms with Crippen LogP contribution in [0.4, 0.5) is 0 Å². The van der Waals surface area contributed by atoms with Crippen molar-refractivity contribution < 1.29 is 86.4 Å². The summed E-state index contributed by atoms with van der Waals surface area (Å²) in [5.74, 6) is 0. The maximum Gasteiger partial charge on any atom is 0.259 e. The van der Waals surface area contributed by atoms with Gasteiger partial charge in [0.05, 0.1) is 96.0 Å². The molecule has 71 heavy (non-hydrogen) atoms. The second-order valence-electron chi connectivity index (χ2n) is 16.2. The van der Waals surface area contributed by atoms with Crippen LogP contribution in [0.1, 0.15) is 109 Å². The molecule has 424 valence electrons. The lowest BCUT2D eigenvalue weighted by Gasteiger charge is -2.35. The highest BCUT2D eigenvalue weighted by atomic mass is 31.2. The Hall–Kier alpha value is -1.58. The van der Waals surface area contributed by atoms with Crippen LogP contribution in [-0.4, -0.2) is 212 Å². The summed E-state index contributed by atoms with van der Waals surface area (Å²) in [7, 11) is 2.60. The number of ether oxygens (including phenoxy) is 9. The van der Waals surface area contributed by atoms with Gasteiger partial charge < -0.3 is 82.3 Å². The minimum absolute atomic E-state index is 0.0663. The molecule has 19 nitrogen and oxygen atoms in total. The molecule has 0 aliphatic rings. The van der Waals surface area contributed by atoms with E-state index in [2.05, 4.69) is 53.8 Å². The van der Waals surface area contributed by atoms with E-state index in [4.69, 9.17) is 80.7 Å². The number of hydrogen-bond acceptors (Lipinski definition) is 19. The van der Waals surface area contributed by atoms with Crippen LogP contribution in [0, 0.1) is 22.2 Å². The first-order chi connectivity index (χ1) is 37.4. The zero-order valence-corrected chi connectivity index (χ0v) is 45.7. The standard InChI is InChI=1S/C26H53N2O6P.C22H38O8.3CH4O/c1-8-14-29-20-26(21-30-15-9-2,22-31-16-10-3)23-32-17-12-19-34-35(33-18-11-13-27)28(24(4)5)25(6)7;23-9-4-12-26-16-22(17-27-13-5-10-24,18-28-14-6-11-25)19-30-20-29-15-21-7-2-1-3-8-21;3*1-2/h24-25H,8-12,14-23H2,1-7H3;1-3,7-8,23-25H,4-6,9-20H2;3*2H,1H3/i1D,2D,3D;;3*2T. The monoisotopic (exact) mass is 1060 g/mol. The van der Waals surface area contributed by atoms with Crippen LogP contribution in [0.3, 0.4) is 0 Å². The van der Waals surface area contributed by atoms with Gasteiger partial charge >= 0.3 is 0 Å². The Morgan fingerprint density at radius 3 is 1.30 bits per heavy atom. The van der Waals surface area contributed by atoms with E-state index in [0.29, 0.717) is 191 Å². The number of nitriles is 1. The van der Waals surface area contributed by atoms with Crippen LogP contribution in [-0.2, 0) is 58.3 Å². The lowest BCUT2D eigenvalue weighted by Crippen LogP contribution is -2.42. The Kier molecular flexibility index (Phi) is 53.2. The number of aliphatic hydroxyl groups is 6. The zero-order chi connectivity index (χ0) is 58.4. The van der Waals surface area contributed by atoms with Gasteiger partial charge in [-0.05, 0) is 78.2 Å². The van der Waals surface area contributed by atoms with Gasteiger partial charge in [0.1, 0.15) is 6.79 Å². The van der Waals surface area contributed by atoms with Crippen LogP contribution in [0.15, 0.2) is 30.3 Å². The smallest absolute Gasteiger partial charge is 0.259 e. The van der Waals surface area contributed by atoms with Gasteiger partial charge in [0.2, 0.25) is 4.29 Å². The lowest BCUT2D eigenvalue weighted by molar-refractivity contribution is -0.142. The van der Waals surface area contributed by atoms with Crippen molar-refractivity contribution in [3.8, 4) is 6.07 Å². The van der Waals surface area contributed by atoms with Crippen molar-refractivity contribution in [3.05, 3.63) is 35.9 Å². The molecule has 0 fully saturated rings. The molecule has 6 N–H and O–H groups in total. The largest absolute Gasteiger partial charge is 0.400 e. The molecule has 0 radical (unpaired) electrons. The van der Waals surface area contributed by atoms with Gasteiger partial charge in [0.25, 0.3) is 8.53 Å². The van der Waals surface area contributed by atoms with Crippen molar-refractivity contribution in [1.29, 1.82) is 9.56 Å². The summed E-state index contributed by atoms with van der Waals surface area (Å²) < 4.78 is 106. The maximum absolute atomic E-state index is 8.97. The van der Waals surface area contributed by atoms with Gasteiger partial charge in [-0.2, -0.15) is 5.26 Å². The van der Waals surface area contributed by atoms with E-state index in [0.717, 1.165) is 5.56 Å². The highest BCUT2D eigenvalue weighted by Gasteiger charge is 2.34. The first-order valence-corrected chi connectivity index (χ1v) is 25.6. The quantitative estimate of drug-likeness (QED) is 0.0244. The van der Waals surface area contributed by atoms with Crippen LogP contribution in [0.2, 0.25) is 0 Å². The molecule has 20 heteroatoms. The lowest BCUT2D eigenvalue weighted by atomic mass is 9.92. The Bertz CT molecular complexity index is 1250. The zero-order valence-electron chi connectivity index (χ0n) is 50.8. The first kappa shape index (κ1) is 63.7. The summed E-state index contributed by atoms with van der Waals surface area (Å²) in [6.45, 7) is 17.1. The topological polar surface area (TPSA) is 250 Å². The number of aliphatic hydroxyl groups excluding tert-OH is 6. The van der Waals surface area contributed by atoms with E-state index in [1.54, 1.807) is 0 Å². The molecule has 1 rings (SSSR count). The summed E-state index contributed by atoms with van der Waals surface area (Å²) in [6, 6.07) is 12.5. The van der Waals surface area contributed by atoms with Gasteiger partial charge in [-0.15, -0.1) is 0 Å². The van der Waals surface area contributed by atoms with Crippen molar-refractivity contribution in [2.45, 2.75) is 118 Å². The first-order valence-electron chi connectivity index (χ1n) is 27.9. The summed E-state index contributed by atoms with van der Waals surface area (Å²) in [5, 5.41) is 46.3. The van der Waals surface area contributed by atoms with Crippen molar-refractivity contribution in [1.82, 2.24) is 4.67 Å². The predicted molar refractivity (Wildman–Crippen MR) is 279 cm³/mol. The molecule has 0 bridgehead atoms. The number of nitrogens with zero attached hydrogens (tertiary/aromatic N) is 2. The fourth-order valence-electron chi connectivity index (χ4n) is 5.99. The van der Waals surface area contributed by atoms with Gasteiger partial charge in [-0.3, -0.25) is 0 Å². The van der Waals surface area contributed by atoms with Gasteiger partial charge in [0, 0.05) is 104 Å². The normalized spacial score (nSPS) is 12.8. The number of rotatable bonds is 46. The highest BCUT2D eigenvalue weighted by Crippen LogP contribution is 2.46. The van der Waals surface area contributed by atoms with E-state index in [1.807, 2.05) is 30.3 Å². The molecule has 0 amide bonds. The van der Waals surface area contributed by atoms with E-state index >= 15 is 0 Å². The molecule has 0 saturated heterocycles. The van der Waals surface area contributed by atoms with Gasteiger partial charge in [-0.1, -0.05) is 51.0 Å². The molecule has 1 atom stereocenters. The fourth-order valence-corrected chi connectivity index (χ4v) is 7.62. The molecular weight excluding hydrogens is 944 g/mol. The Morgan fingerprint density at radius 1 is 0.563 bits per heavy atom. The van der Waals surface area contributed by atoms with E-state index in [9.17, 15) is 0 Å². The summed E-state index contributed by atoms with van der Waals surface area (Å²) in [4.78, 5) is 0. The second-order valence-corrected chi connectivity index (χ2v) is 17.6. The van der Waals surface area contributed by atoms with Crippen LogP contribution in [0.25, 0.3) is 0 Å². The summed E-state index contributed by atoms with van der Waals surface area (Å²) in [5.41, 5.74) is 0.00192. The van der Waals surface area contributed by atoms with Gasteiger partial charge in [-0.25, -0.2) is 4.67 Å². The van der Waals surface area contributed by atoms with E-state index in [1.165, 1.54) is 21.3 Å². The van der Waals surface area contributed by atoms with Gasteiger partial charge in [0.15, 0.2) is 0 Å². The average Bonchev–Trinajstić information content (AvgIpc) is 3.41. The third-order valence-electron chi connectivity index (χ3n) is 9.05. The highest BCUT2D eigenvalue weighted by molar-refractivity contribution is 7.44. The minimum atomic E-state index is -1.27. The Labute approximate surface area is 439 Å². The van der Waals surface area contributed by atoms with Crippen molar-refractivity contribution >= 4 is 8.53 Å². The third kappa shape index (κ3) is 45.5. The number of hydrogen-bond donors (Lipinski definition) is 6. The maximum atomic E-state index is 8.97. The third-order valence-corrected chi connectivity index (χ3v) is 11.2. The predicted octanol–water partition coefficient (Wildman–Crippen LogP) is 6.14. The summed E-state index contributed by atoms with van der Waals surface area (Å²) in [6.07, 6.45) is 4.65. The molecule has 0 aliphatic carbocycles. The number of benzene rings is 1. The van der Waals surface area contributed by atoms with Crippen LogP contribution in [0.5, 0.6) is 0 Å². The molecule has 0 heterocycles. The molecule has 0 spiro atoms. The van der Waals surface area contributed by atoms with Crippen molar-refractivity contribution in [2.24, 2.45) is 10.8 Å². The van der Waals surface area contributed by atoms with E-state index < -0.39 is 19.4 Å².